The number of nitrogens with one attached hydrogen (secondary N) is 2. The van der Waals surface area contributed by atoms with Crippen LogP contribution in [0.5, 0.6) is 5.75 Å². The number of aromatic amines is 1. The van der Waals surface area contributed by atoms with Crippen molar-refractivity contribution in [3.63, 3.8) is 0 Å². The Balaban J connectivity index is 1.66. The molecular formula is C31H30F2N6O2. The lowest BCUT2D eigenvalue weighted by atomic mass is 9.98. The Morgan fingerprint density at radius 2 is 1.95 bits per heavy atom. The van der Waals surface area contributed by atoms with E-state index in [4.69, 9.17) is 16.2 Å². The number of alkyl halides is 1. The Kier molecular flexibility index (Phi) is 7.82. The van der Waals surface area contributed by atoms with Crippen LogP contribution in [0, 0.1) is 5.82 Å². The molecule has 1 amide bonds. The van der Waals surface area contributed by atoms with Gasteiger partial charge >= 0.3 is 0 Å². The number of nitrogens with zero attached hydrogens (tertiary/aromatic N) is 2. The number of fused-ring (bicyclic) bond motifs is 1. The molecule has 6 N–H and O–H groups in total. The molecule has 0 aliphatic heterocycles. The Morgan fingerprint density at radius 3 is 2.68 bits per heavy atom. The number of hydrogen-bond donors (Lipinski definition) is 4. The van der Waals surface area contributed by atoms with Crippen LogP contribution in [-0.4, -0.2) is 27.5 Å². The van der Waals surface area contributed by atoms with E-state index in [2.05, 4.69) is 20.3 Å². The molecule has 0 saturated heterocycles. The number of carbonyl (C=O) groups is 1. The number of hydrogen-bond acceptors (Lipinski definition) is 6. The normalized spacial score (nSPS) is 11.9. The second-order valence-corrected chi connectivity index (χ2v) is 9.51. The smallest absolute Gasteiger partial charge is 0.249 e. The van der Waals surface area contributed by atoms with Crippen LogP contribution >= 0.6 is 0 Å². The molecule has 0 bridgehead atoms. The van der Waals surface area contributed by atoms with Crippen LogP contribution in [0.15, 0.2) is 67.0 Å². The lowest BCUT2D eigenvalue weighted by Crippen LogP contribution is -2.17. The summed E-state index contributed by atoms with van der Waals surface area (Å²) in [4.78, 5) is 24.2. The molecule has 0 spiro atoms. The number of imidazole rings is 1. The number of nitrogens with two attached hydrogens (primary N) is 2. The number of H-pyrrole nitrogens is 1. The van der Waals surface area contributed by atoms with Gasteiger partial charge in [0.2, 0.25) is 5.91 Å². The van der Waals surface area contributed by atoms with Crippen LogP contribution < -0.4 is 21.5 Å². The highest BCUT2D eigenvalue weighted by molar-refractivity contribution is 6.01. The van der Waals surface area contributed by atoms with Crippen molar-refractivity contribution in [2.75, 3.05) is 17.7 Å². The van der Waals surface area contributed by atoms with Gasteiger partial charge in [-0.05, 0) is 60.2 Å². The van der Waals surface area contributed by atoms with Crippen molar-refractivity contribution in [2.45, 2.75) is 33.0 Å². The highest BCUT2D eigenvalue weighted by atomic mass is 19.1. The zero-order valence-electron chi connectivity index (χ0n) is 22.7. The molecule has 3 aromatic carbocycles. The first-order chi connectivity index (χ1) is 19.8. The number of benzene rings is 3. The highest BCUT2D eigenvalue weighted by Gasteiger charge is 2.26. The van der Waals surface area contributed by atoms with Gasteiger partial charge in [0.25, 0.3) is 0 Å². The van der Waals surface area contributed by atoms with Gasteiger partial charge in [-0.15, -0.1) is 0 Å². The quantitative estimate of drug-likeness (QED) is 0.165. The first-order valence-electron chi connectivity index (χ1n) is 13.2. The van der Waals surface area contributed by atoms with Gasteiger partial charge in [-0.25, -0.2) is 18.7 Å². The van der Waals surface area contributed by atoms with Crippen LogP contribution in [0.25, 0.3) is 22.0 Å². The number of aryl methyl sites for hydroxylation is 1. The van der Waals surface area contributed by atoms with Crippen LogP contribution in [0.2, 0.25) is 0 Å². The summed E-state index contributed by atoms with van der Waals surface area (Å²) in [7, 11) is 0. The molecule has 0 saturated carbocycles. The zero-order valence-corrected chi connectivity index (χ0v) is 22.7. The molecule has 2 aromatic heterocycles. The van der Waals surface area contributed by atoms with Gasteiger partial charge in [0.05, 0.1) is 24.1 Å². The fourth-order valence-corrected chi connectivity index (χ4v) is 4.95. The number of anilines is 2. The van der Waals surface area contributed by atoms with Crippen LogP contribution in [-0.2, 0) is 13.1 Å². The maximum absolute atomic E-state index is 16.0. The van der Waals surface area contributed by atoms with E-state index in [9.17, 15) is 9.18 Å². The molecule has 0 aliphatic rings. The van der Waals surface area contributed by atoms with E-state index in [1.807, 2.05) is 31.2 Å². The molecule has 0 radical (unpaired) electrons. The summed E-state index contributed by atoms with van der Waals surface area (Å²) in [6, 6.07) is 14.9. The maximum atomic E-state index is 16.0. The van der Waals surface area contributed by atoms with Gasteiger partial charge in [-0.2, -0.15) is 0 Å². The fourth-order valence-electron chi connectivity index (χ4n) is 4.95. The highest BCUT2D eigenvalue weighted by Crippen LogP contribution is 2.35. The van der Waals surface area contributed by atoms with Gasteiger partial charge in [-0.3, -0.25) is 4.79 Å². The summed E-state index contributed by atoms with van der Waals surface area (Å²) in [6.45, 7) is 3.22. The fraction of sp³-hybridized carbons (Fsp3) is 0.194. The molecule has 210 valence electrons. The average molecular weight is 557 g/mol. The molecule has 1 unspecified atom stereocenters. The van der Waals surface area contributed by atoms with Gasteiger partial charge < -0.3 is 26.5 Å². The first kappa shape index (κ1) is 27.6. The Hall–Kier alpha value is -4.99. The Morgan fingerprint density at radius 1 is 1.12 bits per heavy atom. The monoisotopic (exact) mass is 556 g/mol. The van der Waals surface area contributed by atoms with Crippen LogP contribution in [0.4, 0.5) is 20.3 Å². The molecule has 1 atom stereocenters. The maximum Gasteiger partial charge on any atom is 0.249 e. The predicted molar refractivity (Wildman–Crippen MR) is 156 cm³/mol. The number of nitrogen functional groups attached to an aromatic ring is 1. The summed E-state index contributed by atoms with van der Waals surface area (Å²) >= 11 is 0. The largest absolute Gasteiger partial charge is 0.491 e. The topological polar surface area (TPSA) is 132 Å². The SMILES string of the molecule is CCOc1cc(CC)cc(C(Nc2ccc3c(N)nccc3c2)c2ncc(-c3cccc(CF)c3C(N)=O)[nH]2)c1F. The average Bonchev–Trinajstić information content (AvgIpc) is 3.47. The van der Waals surface area contributed by atoms with E-state index in [0.717, 1.165) is 16.3 Å². The van der Waals surface area contributed by atoms with Crippen molar-refractivity contribution in [3.8, 4) is 17.0 Å². The Labute approximate surface area is 235 Å². The van der Waals surface area contributed by atoms with Crippen molar-refractivity contribution < 1.29 is 18.3 Å². The first-order valence-corrected chi connectivity index (χ1v) is 13.2. The minimum Gasteiger partial charge on any atom is -0.491 e. The summed E-state index contributed by atoms with van der Waals surface area (Å²) in [6.07, 6.45) is 3.80. The van der Waals surface area contributed by atoms with Crippen LogP contribution in [0.1, 0.15) is 52.8 Å². The van der Waals surface area contributed by atoms with Crippen molar-refractivity contribution in [1.29, 1.82) is 0 Å². The van der Waals surface area contributed by atoms with Crippen molar-refractivity contribution >= 4 is 28.2 Å². The molecule has 0 aliphatic carbocycles. The molecular weight excluding hydrogens is 526 g/mol. The van der Waals surface area contributed by atoms with Crippen molar-refractivity contribution in [3.05, 3.63) is 101 Å². The second kappa shape index (κ2) is 11.6. The molecule has 10 heteroatoms. The third-order valence-electron chi connectivity index (χ3n) is 6.95. The van der Waals surface area contributed by atoms with E-state index in [0.29, 0.717) is 47.2 Å². The van der Waals surface area contributed by atoms with E-state index in [1.165, 1.54) is 12.3 Å². The molecule has 8 nitrogen and oxygen atoms in total. The lowest BCUT2D eigenvalue weighted by Gasteiger charge is -2.22. The number of pyridine rings is 1. The van der Waals surface area contributed by atoms with Gasteiger partial charge in [0.15, 0.2) is 11.6 Å². The summed E-state index contributed by atoms with van der Waals surface area (Å²) < 4.78 is 35.3. The number of halogens is 2. The number of carbonyl (C=O) groups excluding carboxylic acids is 1. The van der Waals surface area contributed by atoms with E-state index in [1.54, 1.807) is 37.4 Å². The Bertz CT molecular complexity index is 1740. The number of primary amides is 1. The second-order valence-electron chi connectivity index (χ2n) is 9.51. The molecule has 41 heavy (non-hydrogen) atoms. The third kappa shape index (κ3) is 5.41. The minimum absolute atomic E-state index is 0.0632. The summed E-state index contributed by atoms with van der Waals surface area (Å²) in [5.41, 5.74) is 14.6. The summed E-state index contributed by atoms with van der Waals surface area (Å²) in [5, 5.41) is 5.05. The van der Waals surface area contributed by atoms with Crippen molar-refractivity contribution in [1.82, 2.24) is 15.0 Å². The number of ether oxygens (including phenoxy) is 1. The number of aromatic nitrogens is 3. The standard InChI is InChI=1S/C31H30F2N6O2/c1-3-17-12-23(27(33)25(13-17)41-4-2)28(38-20-8-9-21-18(14-20)10-11-36-29(21)34)31-37-16-24(39-31)22-7-5-6-19(15-32)26(22)30(35)40/h5-14,16,28,38H,3-4,15H2,1-2H3,(H2,34,36)(H2,35,40)(H,37,39). The molecule has 0 fully saturated rings. The van der Waals surface area contributed by atoms with E-state index < -0.39 is 24.4 Å². The third-order valence-corrected chi connectivity index (χ3v) is 6.95. The molecule has 5 aromatic rings. The minimum atomic E-state index is -0.853. The van der Waals surface area contributed by atoms with Crippen LogP contribution in [0.3, 0.4) is 0 Å². The number of rotatable bonds is 10. The lowest BCUT2D eigenvalue weighted by molar-refractivity contribution is 0.0999. The molecule has 2 heterocycles. The van der Waals surface area contributed by atoms with E-state index in [-0.39, 0.29) is 16.9 Å². The van der Waals surface area contributed by atoms with Gasteiger partial charge in [0, 0.05) is 28.4 Å². The zero-order chi connectivity index (χ0) is 29.1. The number of amides is 1. The van der Waals surface area contributed by atoms with Crippen molar-refractivity contribution in [2.24, 2.45) is 5.73 Å². The van der Waals surface area contributed by atoms with Gasteiger partial charge in [-0.1, -0.05) is 31.2 Å². The summed E-state index contributed by atoms with van der Waals surface area (Å²) in [5.74, 6) is -0.363. The van der Waals surface area contributed by atoms with Gasteiger partial charge in [0.1, 0.15) is 24.4 Å². The van der Waals surface area contributed by atoms with E-state index >= 15 is 4.39 Å². The predicted octanol–water partition coefficient (Wildman–Crippen LogP) is 6.08. The molecule has 5 rings (SSSR count).